The van der Waals surface area contributed by atoms with Crippen molar-refractivity contribution in [3.63, 3.8) is 0 Å². The Balaban J connectivity index is 1.40. The van der Waals surface area contributed by atoms with Crippen molar-refractivity contribution in [3.05, 3.63) is 48.4 Å². The summed E-state index contributed by atoms with van der Waals surface area (Å²) in [6.07, 6.45) is 1.37. The van der Waals surface area contributed by atoms with Crippen LogP contribution in [0.4, 0.5) is 5.69 Å². The Bertz CT molecular complexity index is 857. The summed E-state index contributed by atoms with van der Waals surface area (Å²) in [4.78, 5) is 40.2. The summed E-state index contributed by atoms with van der Waals surface area (Å²) in [5.74, 6) is -0.572. The van der Waals surface area contributed by atoms with Crippen molar-refractivity contribution >= 4 is 23.5 Å². The molecule has 0 radical (unpaired) electrons. The number of piperazine rings is 1. The number of hydrogen-bond acceptors (Lipinski definition) is 7. The summed E-state index contributed by atoms with van der Waals surface area (Å²) in [6.45, 7) is 3.56. The highest BCUT2D eigenvalue weighted by Crippen LogP contribution is 2.20. The molecule has 30 heavy (non-hydrogen) atoms. The van der Waals surface area contributed by atoms with Gasteiger partial charge in [-0.15, -0.1) is 0 Å². The number of rotatable bonds is 7. The van der Waals surface area contributed by atoms with E-state index < -0.39 is 17.9 Å². The van der Waals surface area contributed by atoms with Gasteiger partial charge >= 0.3 is 5.97 Å². The Labute approximate surface area is 174 Å². The van der Waals surface area contributed by atoms with Crippen molar-refractivity contribution < 1.29 is 28.3 Å². The molecule has 9 heteroatoms. The van der Waals surface area contributed by atoms with Gasteiger partial charge in [0.1, 0.15) is 11.8 Å². The lowest BCUT2D eigenvalue weighted by atomic mass is 10.2. The van der Waals surface area contributed by atoms with Gasteiger partial charge in [0.2, 0.25) is 0 Å². The van der Waals surface area contributed by atoms with Crippen LogP contribution in [0, 0.1) is 0 Å². The summed E-state index contributed by atoms with van der Waals surface area (Å²) in [7, 11) is 1.62. The molecular weight excluding hydrogens is 390 g/mol. The number of amides is 2. The molecule has 2 aromatic rings. The lowest BCUT2D eigenvalue weighted by Crippen LogP contribution is -2.50. The number of benzene rings is 1. The number of ether oxygens (including phenoxy) is 2. The van der Waals surface area contributed by atoms with Gasteiger partial charge in [-0.2, -0.15) is 0 Å². The molecule has 160 valence electrons. The summed E-state index contributed by atoms with van der Waals surface area (Å²) in [5.41, 5.74) is 1.07. The van der Waals surface area contributed by atoms with Crippen LogP contribution in [0.1, 0.15) is 17.5 Å². The Hall–Kier alpha value is -3.49. The summed E-state index contributed by atoms with van der Waals surface area (Å²) >= 11 is 0. The molecular formula is C21H25N3O6. The minimum Gasteiger partial charge on any atom is -0.497 e. The van der Waals surface area contributed by atoms with Gasteiger partial charge in [-0.05, 0) is 43.3 Å². The molecule has 3 rings (SSSR count). The average Bonchev–Trinajstić information content (AvgIpc) is 3.32. The number of carbonyl (C=O) groups excluding carboxylic acids is 3. The zero-order valence-electron chi connectivity index (χ0n) is 17.0. The predicted molar refractivity (Wildman–Crippen MR) is 108 cm³/mol. The number of furan rings is 1. The van der Waals surface area contributed by atoms with Crippen LogP contribution in [0.2, 0.25) is 0 Å². The van der Waals surface area contributed by atoms with Crippen molar-refractivity contribution in [2.45, 2.75) is 13.0 Å². The molecule has 1 fully saturated rings. The van der Waals surface area contributed by atoms with Crippen LogP contribution in [-0.4, -0.2) is 68.6 Å². The molecule has 0 spiro atoms. The quantitative estimate of drug-likeness (QED) is 0.680. The SMILES string of the molecule is COc1ccc(N2CCN(C(=O)COC(=O)[C@H](C)NC(=O)c3ccco3)CC2)cc1. The molecule has 1 atom stereocenters. The Kier molecular flexibility index (Phi) is 6.95. The van der Waals surface area contributed by atoms with Crippen LogP contribution in [0.3, 0.4) is 0 Å². The molecule has 2 amide bonds. The Morgan fingerprint density at radius 1 is 1.10 bits per heavy atom. The highest BCUT2D eigenvalue weighted by atomic mass is 16.5. The van der Waals surface area contributed by atoms with E-state index >= 15 is 0 Å². The monoisotopic (exact) mass is 415 g/mol. The highest BCUT2D eigenvalue weighted by molar-refractivity contribution is 5.94. The second-order valence-corrected chi connectivity index (χ2v) is 6.85. The molecule has 1 saturated heterocycles. The smallest absolute Gasteiger partial charge is 0.328 e. The Morgan fingerprint density at radius 2 is 1.80 bits per heavy atom. The molecule has 1 N–H and O–H groups in total. The molecule has 9 nitrogen and oxygen atoms in total. The van der Waals surface area contributed by atoms with Gasteiger partial charge in [0.25, 0.3) is 11.8 Å². The molecule has 2 heterocycles. The number of nitrogens with zero attached hydrogens (tertiary/aromatic N) is 2. The number of esters is 1. The number of carbonyl (C=O) groups is 3. The van der Waals surface area contributed by atoms with Crippen molar-refractivity contribution in [1.82, 2.24) is 10.2 Å². The fraction of sp³-hybridized carbons (Fsp3) is 0.381. The first kappa shape index (κ1) is 21.2. The van der Waals surface area contributed by atoms with Gasteiger partial charge in [-0.1, -0.05) is 0 Å². The lowest BCUT2D eigenvalue weighted by molar-refractivity contribution is -0.153. The van der Waals surface area contributed by atoms with Crippen LogP contribution in [0.25, 0.3) is 0 Å². The number of methoxy groups -OCH3 is 1. The van der Waals surface area contributed by atoms with E-state index in [2.05, 4.69) is 10.2 Å². The second-order valence-electron chi connectivity index (χ2n) is 6.85. The van der Waals surface area contributed by atoms with Crippen molar-refractivity contribution in [2.75, 3.05) is 44.8 Å². The lowest BCUT2D eigenvalue weighted by Gasteiger charge is -2.36. The van der Waals surface area contributed by atoms with Crippen molar-refractivity contribution in [3.8, 4) is 5.75 Å². The third kappa shape index (κ3) is 5.31. The molecule has 1 aliphatic heterocycles. The molecule has 0 unspecified atom stereocenters. The predicted octanol–water partition coefficient (Wildman–Crippen LogP) is 1.30. The molecule has 0 aliphatic carbocycles. The molecule has 1 aliphatic rings. The maximum Gasteiger partial charge on any atom is 0.328 e. The van der Waals surface area contributed by atoms with E-state index in [1.807, 2.05) is 24.3 Å². The summed E-state index contributed by atoms with van der Waals surface area (Å²) in [6, 6.07) is 9.93. The van der Waals surface area contributed by atoms with Gasteiger partial charge in [0.15, 0.2) is 12.4 Å². The van der Waals surface area contributed by atoms with Crippen LogP contribution in [-0.2, 0) is 14.3 Å². The first-order valence-electron chi connectivity index (χ1n) is 9.65. The van der Waals surface area contributed by atoms with Crippen LogP contribution in [0.15, 0.2) is 47.1 Å². The molecule has 0 bridgehead atoms. The normalized spacial score (nSPS) is 14.7. The number of anilines is 1. The van der Waals surface area contributed by atoms with Crippen LogP contribution < -0.4 is 15.0 Å². The minimum atomic E-state index is -0.901. The third-order valence-corrected chi connectivity index (χ3v) is 4.85. The van der Waals surface area contributed by atoms with Crippen molar-refractivity contribution in [1.29, 1.82) is 0 Å². The van der Waals surface area contributed by atoms with E-state index in [4.69, 9.17) is 13.9 Å². The van der Waals surface area contributed by atoms with E-state index in [9.17, 15) is 14.4 Å². The highest BCUT2D eigenvalue weighted by Gasteiger charge is 2.24. The van der Waals surface area contributed by atoms with E-state index in [1.165, 1.54) is 19.3 Å². The van der Waals surface area contributed by atoms with Gasteiger partial charge in [0, 0.05) is 31.9 Å². The van der Waals surface area contributed by atoms with E-state index in [-0.39, 0.29) is 18.3 Å². The molecule has 1 aromatic heterocycles. The molecule has 1 aromatic carbocycles. The summed E-state index contributed by atoms with van der Waals surface area (Å²) < 4.78 is 15.2. The number of nitrogens with one attached hydrogen (secondary N) is 1. The minimum absolute atomic E-state index is 0.0976. The zero-order valence-corrected chi connectivity index (χ0v) is 17.0. The van der Waals surface area contributed by atoms with Gasteiger partial charge in [-0.3, -0.25) is 9.59 Å². The third-order valence-electron chi connectivity index (χ3n) is 4.85. The van der Waals surface area contributed by atoms with Gasteiger partial charge in [-0.25, -0.2) is 4.79 Å². The average molecular weight is 415 g/mol. The van der Waals surface area contributed by atoms with Gasteiger partial charge < -0.3 is 29.0 Å². The van der Waals surface area contributed by atoms with E-state index in [0.29, 0.717) is 26.2 Å². The van der Waals surface area contributed by atoms with Crippen LogP contribution >= 0.6 is 0 Å². The second kappa shape index (κ2) is 9.82. The largest absolute Gasteiger partial charge is 0.497 e. The molecule has 0 saturated carbocycles. The standard InChI is InChI=1S/C21H25N3O6/c1-15(22-20(26)18-4-3-13-29-18)21(27)30-14-19(25)24-11-9-23(10-12-24)16-5-7-17(28-2)8-6-16/h3-8,13,15H,9-12,14H2,1-2H3,(H,22,26)/t15-/m0/s1. The summed E-state index contributed by atoms with van der Waals surface area (Å²) in [5, 5.41) is 2.47. The van der Waals surface area contributed by atoms with Crippen LogP contribution in [0.5, 0.6) is 5.75 Å². The van der Waals surface area contributed by atoms with Gasteiger partial charge in [0.05, 0.1) is 13.4 Å². The zero-order chi connectivity index (χ0) is 21.5. The maximum atomic E-state index is 12.4. The number of hydrogen-bond donors (Lipinski definition) is 1. The van der Waals surface area contributed by atoms with E-state index in [1.54, 1.807) is 18.1 Å². The first-order chi connectivity index (χ1) is 14.5. The first-order valence-corrected chi connectivity index (χ1v) is 9.65. The maximum absolute atomic E-state index is 12.4. The Morgan fingerprint density at radius 3 is 2.40 bits per heavy atom. The topological polar surface area (TPSA) is 101 Å². The van der Waals surface area contributed by atoms with Crippen molar-refractivity contribution in [2.24, 2.45) is 0 Å². The fourth-order valence-electron chi connectivity index (χ4n) is 3.09. The van der Waals surface area contributed by atoms with E-state index in [0.717, 1.165) is 11.4 Å². The fourth-order valence-corrected chi connectivity index (χ4v) is 3.09.